The molecule has 3 N–H and O–H groups in total. The van der Waals surface area contributed by atoms with E-state index in [0.717, 1.165) is 33.1 Å². The zero-order valence-electron chi connectivity index (χ0n) is 16.0. The van der Waals surface area contributed by atoms with E-state index in [-0.39, 0.29) is 12.5 Å². The van der Waals surface area contributed by atoms with E-state index in [0.29, 0.717) is 17.9 Å². The van der Waals surface area contributed by atoms with E-state index in [4.69, 9.17) is 0 Å². The minimum atomic E-state index is -0.258. The number of aromatic amines is 1. The van der Waals surface area contributed by atoms with Gasteiger partial charge in [0.05, 0.1) is 17.8 Å². The highest BCUT2D eigenvalue weighted by molar-refractivity contribution is 6.05. The number of carbonyl (C=O) groups excluding carboxylic acids is 1. The van der Waals surface area contributed by atoms with Gasteiger partial charge in [0, 0.05) is 46.5 Å². The Morgan fingerprint density at radius 2 is 2.03 bits per heavy atom. The van der Waals surface area contributed by atoms with Crippen LogP contribution in [0.3, 0.4) is 0 Å². The van der Waals surface area contributed by atoms with Crippen LogP contribution in [-0.4, -0.2) is 37.4 Å². The van der Waals surface area contributed by atoms with Gasteiger partial charge in [-0.25, -0.2) is 0 Å². The fourth-order valence-corrected chi connectivity index (χ4v) is 3.65. The number of aliphatic hydroxyl groups excluding tert-OH is 1. The second kappa shape index (κ2) is 7.46. The number of carbonyl (C=O) groups is 1. The Bertz CT molecular complexity index is 1350. The first kappa shape index (κ1) is 18.1. The number of nitrogens with one attached hydrogen (secondary N) is 2. The number of hydrogen-bond acceptors (Lipinski definition) is 4. The van der Waals surface area contributed by atoms with Gasteiger partial charge >= 0.3 is 0 Å². The highest BCUT2D eigenvalue weighted by atomic mass is 16.3. The van der Waals surface area contributed by atoms with Crippen LogP contribution in [0.15, 0.2) is 73.1 Å². The second-order valence-corrected chi connectivity index (χ2v) is 7.01. The molecule has 30 heavy (non-hydrogen) atoms. The van der Waals surface area contributed by atoms with Crippen LogP contribution in [0.4, 0.5) is 5.69 Å². The molecule has 5 aromatic rings. The number of pyridine rings is 1. The van der Waals surface area contributed by atoms with E-state index in [1.165, 1.54) is 0 Å². The minimum Gasteiger partial charge on any atom is -0.395 e. The molecule has 0 spiro atoms. The molecule has 0 atom stereocenters. The van der Waals surface area contributed by atoms with Gasteiger partial charge in [-0.3, -0.25) is 14.9 Å². The van der Waals surface area contributed by atoms with Crippen molar-refractivity contribution in [3.8, 4) is 11.3 Å². The van der Waals surface area contributed by atoms with Crippen LogP contribution in [0.25, 0.3) is 33.1 Å². The Balaban J connectivity index is 1.50. The quantitative estimate of drug-likeness (QED) is 0.420. The van der Waals surface area contributed by atoms with E-state index in [2.05, 4.69) is 26.6 Å². The molecule has 0 saturated carbocycles. The van der Waals surface area contributed by atoms with Gasteiger partial charge in [0.15, 0.2) is 0 Å². The third-order valence-electron chi connectivity index (χ3n) is 5.10. The predicted molar refractivity (Wildman–Crippen MR) is 116 cm³/mol. The molecule has 7 nitrogen and oxygen atoms in total. The molecule has 0 saturated heterocycles. The molecule has 3 heterocycles. The lowest BCUT2D eigenvalue weighted by atomic mass is 10.1. The summed E-state index contributed by atoms with van der Waals surface area (Å²) in [5, 5.41) is 21.7. The van der Waals surface area contributed by atoms with Gasteiger partial charge in [0.1, 0.15) is 5.69 Å². The molecule has 5 rings (SSSR count). The summed E-state index contributed by atoms with van der Waals surface area (Å²) in [7, 11) is 0. The molecule has 3 aromatic heterocycles. The predicted octanol–water partition coefficient (Wildman–Crippen LogP) is 3.82. The monoisotopic (exact) mass is 397 g/mol. The zero-order valence-corrected chi connectivity index (χ0v) is 16.0. The average molecular weight is 397 g/mol. The summed E-state index contributed by atoms with van der Waals surface area (Å²) in [4.78, 5) is 16.5. The molecule has 2 aromatic carbocycles. The fourth-order valence-electron chi connectivity index (χ4n) is 3.65. The molecule has 0 fully saturated rings. The molecule has 0 aliphatic heterocycles. The van der Waals surface area contributed by atoms with Crippen LogP contribution in [0, 0.1) is 0 Å². The van der Waals surface area contributed by atoms with Crippen LogP contribution in [0.5, 0.6) is 0 Å². The lowest BCUT2D eigenvalue weighted by Crippen LogP contribution is -2.13. The maximum atomic E-state index is 12.4. The highest BCUT2D eigenvalue weighted by Gasteiger charge is 2.12. The van der Waals surface area contributed by atoms with E-state index in [1.54, 1.807) is 24.4 Å². The Morgan fingerprint density at radius 1 is 1.10 bits per heavy atom. The number of fused-ring (bicyclic) bond motifs is 2. The van der Waals surface area contributed by atoms with Crippen molar-refractivity contribution >= 4 is 33.4 Å². The molecule has 0 radical (unpaired) electrons. The van der Waals surface area contributed by atoms with E-state index >= 15 is 0 Å². The number of H-pyrrole nitrogens is 1. The van der Waals surface area contributed by atoms with Crippen LogP contribution < -0.4 is 5.32 Å². The summed E-state index contributed by atoms with van der Waals surface area (Å²) in [6.45, 7) is 0.663. The number of amides is 1. The molecule has 148 valence electrons. The molecule has 0 aliphatic rings. The summed E-state index contributed by atoms with van der Waals surface area (Å²) in [5.74, 6) is -0.258. The first-order chi connectivity index (χ1) is 14.7. The van der Waals surface area contributed by atoms with Gasteiger partial charge in [-0.15, -0.1) is 0 Å². The lowest BCUT2D eigenvalue weighted by molar-refractivity contribution is 0.102. The van der Waals surface area contributed by atoms with Crippen LogP contribution in [0.2, 0.25) is 0 Å². The third-order valence-corrected chi connectivity index (χ3v) is 5.10. The van der Waals surface area contributed by atoms with Gasteiger partial charge in [0.2, 0.25) is 0 Å². The number of aromatic nitrogens is 4. The van der Waals surface area contributed by atoms with Crippen molar-refractivity contribution in [1.29, 1.82) is 0 Å². The van der Waals surface area contributed by atoms with Crippen molar-refractivity contribution in [3.63, 3.8) is 0 Å². The number of anilines is 1. The fraction of sp³-hybridized carbons (Fsp3) is 0.0870. The zero-order chi connectivity index (χ0) is 20.5. The van der Waals surface area contributed by atoms with Gasteiger partial charge < -0.3 is 15.0 Å². The van der Waals surface area contributed by atoms with Gasteiger partial charge in [0.25, 0.3) is 5.91 Å². The van der Waals surface area contributed by atoms with E-state index in [1.807, 2.05) is 47.2 Å². The van der Waals surface area contributed by atoms with E-state index in [9.17, 15) is 9.90 Å². The molecule has 0 bridgehead atoms. The van der Waals surface area contributed by atoms with Crippen molar-refractivity contribution in [2.45, 2.75) is 6.54 Å². The molecular weight excluding hydrogens is 378 g/mol. The normalized spacial score (nSPS) is 11.2. The maximum absolute atomic E-state index is 12.4. The minimum absolute atomic E-state index is 0.0997. The Morgan fingerprint density at radius 3 is 2.87 bits per heavy atom. The Hall–Kier alpha value is -3.97. The molecule has 0 aliphatic carbocycles. The number of aliphatic hydroxyl groups is 1. The summed E-state index contributed by atoms with van der Waals surface area (Å²) in [6, 6.07) is 19.0. The number of nitrogens with zero attached hydrogens (tertiary/aromatic N) is 3. The molecule has 7 heteroatoms. The van der Waals surface area contributed by atoms with Crippen molar-refractivity contribution in [2.24, 2.45) is 0 Å². The van der Waals surface area contributed by atoms with Crippen LogP contribution >= 0.6 is 0 Å². The van der Waals surface area contributed by atoms with Crippen molar-refractivity contribution in [2.75, 3.05) is 11.9 Å². The number of hydrogen-bond donors (Lipinski definition) is 3. The SMILES string of the molecule is O=C(Nc1ccc2[nH]nc(-c3ccc4c(ccn4CCO)c3)c2c1)c1ccccn1. The summed E-state index contributed by atoms with van der Waals surface area (Å²) in [6.07, 6.45) is 3.56. The molecular formula is C23H19N5O2. The number of rotatable bonds is 5. The Labute approximate surface area is 172 Å². The molecule has 0 unspecified atom stereocenters. The topological polar surface area (TPSA) is 95.8 Å². The summed E-state index contributed by atoms with van der Waals surface area (Å²) < 4.78 is 2.02. The summed E-state index contributed by atoms with van der Waals surface area (Å²) in [5.41, 5.74) is 4.79. The lowest BCUT2D eigenvalue weighted by Gasteiger charge is -2.06. The maximum Gasteiger partial charge on any atom is 0.274 e. The third kappa shape index (κ3) is 3.21. The average Bonchev–Trinajstić information content (AvgIpc) is 3.38. The number of benzene rings is 2. The smallest absolute Gasteiger partial charge is 0.274 e. The largest absolute Gasteiger partial charge is 0.395 e. The first-order valence-corrected chi connectivity index (χ1v) is 9.63. The summed E-state index contributed by atoms with van der Waals surface area (Å²) >= 11 is 0. The van der Waals surface area contributed by atoms with Crippen molar-refractivity contribution in [3.05, 3.63) is 78.8 Å². The molecule has 1 amide bonds. The highest BCUT2D eigenvalue weighted by Crippen LogP contribution is 2.31. The van der Waals surface area contributed by atoms with Gasteiger partial charge in [-0.2, -0.15) is 5.10 Å². The first-order valence-electron chi connectivity index (χ1n) is 9.63. The van der Waals surface area contributed by atoms with Crippen LogP contribution in [0.1, 0.15) is 10.5 Å². The van der Waals surface area contributed by atoms with Gasteiger partial charge in [-0.05, 0) is 48.5 Å². The second-order valence-electron chi connectivity index (χ2n) is 7.01. The van der Waals surface area contributed by atoms with E-state index < -0.39 is 0 Å². The van der Waals surface area contributed by atoms with Crippen LogP contribution in [-0.2, 0) is 6.54 Å². The Kier molecular flexibility index (Phi) is 4.49. The standard InChI is InChI=1S/C23H19N5O2/c29-12-11-28-10-8-15-13-16(4-7-21(15)28)22-18-14-17(5-6-19(18)26-27-22)25-23(30)20-3-1-2-9-24-20/h1-10,13-14,29H,11-12H2,(H,25,30)(H,26,27). The van der Waals surface area contributed by atoms with Crippen molar-refractivity contribution in [1.82, 2.24) is 19.7 Å². The van der Waals surface area contributed by atoms with Crippen molar-refractivity contribution < 1.29 is 9.90 Å². The van der Waals surface area contributed by atoms with Gasteiger partial charge in [-0.1, -0.05) is 12.1 Å².